The first-order valence-corrected chi connectivity index (χ1v) is 8.02. The van der Waals surface area contributed by atoms with Crippen molar-refractivity contribution in [2.45, 2.75) is 45.2 Å². The van der Waals surface area contributed by atoms with Crippen molar-refractivity contribution >= 4 is 5.91 Å². The third-order valence-electron chi connectivity index (χ3n) is 4.21. The molecule has 20 heavy (non-hydrogen) atoms. The molecule has 2 aliphatic rings. The highest BCUT2D eigenvalue weighted by molar-refractivity contribution is 5.81. The van der Waals surface area contributed by atoms with Gasteiger partial charge < -0.3 is 15.0 Å². The van der Waals surface area contributed by atoms with Crippen molar-refractivity contribution in [2.24, 2.45) is 0 Å². The van der Waals surface area contributed by atoms with Gasteiger partial charge in [0.2, 0.25) is 5.91 Å². The predicted octanol–water partition coefficient (Wildman–Crippen LogP) is 0.698. The molecule has 0 saturated carbocycles. The Morgan fingerprint density at radius 1 is 1.10 bits per heavy atom. The number of likely N-dealkylation sites (tertiary alicyclic amines) is 1. The zero-order valence-electron chi connectivity index (χ0n) is 12.9. The van der Waals surface area contributed by atoms with Gasteiger partial charge in [0.05, 0.1) is 19.3 Å². The molecular weight excluding hydrogens is 254 g/mol. The highest BCUT2D eigenvalue weighted by Gasteiger charge is 2.23. The van der Waals surface area contributed by atoms with Crippen molar-refractivity contribution in [2.75, 3.05) is 45.9 Å². The molecule has 2 saturated heterocycles. The summed E-state index contributed by atoms with van der Waals surface area (Å²) in [6.07, 6.45) is 3.57. The number of nitrogens with zero attached hydrogens (tertiary/aromatic N) is 2. The van der Waals surface area contributed by atoms with Gasteiger partial charge in [-0.3, -0.25) is 9.69 Å². The van der Waals surface area contributed by atoms with Crippen molar-refractivity contribution < 1.29 is 9.53 Å². The molecule has 0 aromatic rings. The summed E-state index contributed by atoms with van der Waals surface area (Å²) in [6, 6.07) is 0.251. The second-order valence-electron chi connectivity index (χ2n) is 6.09. The summed E-state index contributed by atoms with van der Waals surface area (Å²) in [5.74, 6) is 0.263. The number of piperidine rings is 1. The molecule has 0 aromatic carbocycles. The minimum atomic E-state index is -0.0795. The van der Waals surface area contributed by atoms with Gasteiger partial charge in [-0.15, -0.1) is 0 Å². The van der Waals surface area contributed by atoms with Gasteiger partial charge in [-0.1, -0.05) is 0 Å². The van der Waals surface area contributed by atoms with Crippen LogP contribution in [0.4, 0.5) is 0 Å². The molecule has 2 aliphatic heterocycles. The van der Waals surface area contributed by atoms with Gasteiger partial charge in [0.25, 0.3) is 0 Å². The Hall–Kier alpha value is -0.650. The maximum absolute atomic E-state index is 12.4. The van der Waals surface area contributed by atoms with Crippen LogP contribution in [0.1, 0.15) is 33.1 Å². The summed E-state index contributed by atoms with van der Waals surface area (Å²) < 4.78 is 5.36. The molecule has 2 fully saturated rings. The van der Waals surface area contributed by atoms with E-state index in [4.69, 9.17) is 4.74 Å². The maximum atomic E-state index is 12.4. The van der Waals surface area contributed by atoms with Gasteiger partial charge in [-0.2, -0.15) is 0 Å². The smallest absolute Gasteiger partial charge is 0.239 e. The quantitative estimate of drug-likeness (QED) is 0.807. The molecule has 5 heteroatoms. The lowest BCUT2D eigenvalue weighted by Gasteiger charge is -2.33. The van der Waals surface area contributed by atoms with Crippen LogP contribution >= 0.6 is 0 Å². The van der Waals surface area contributed by atoms with E-state index in [0.717, 1.165) is 58.8 Å². The Labute approximate surface area is 122 Å². The van der Waals surface area contributed by atoms with Crippen LogP contribution in [0.2, 0.25) is 0 Å². The molecule has 2 rings (SSSR count). The fourth-order valence-electron chi connectivity index (χ4n) is 3.11. The summed E-state index contributed by atoms with van der Waals surface area (Å²) in [5, 5.41) is 3.45. The van der Waals surface area contributed by atoms with Crippen molar-refractivity contribution in [1.82, 2.24) is 15.1 Å². The monoisotopic (exact) mass is 283 g/mol. The molecule has 116 valence electrons. The van der Waals surface area contributed by atoms with Crippen LogP contribution in [0.3, 0.4) is 0 Å². The number of ether oxygens (including phenoxy) is 1. The summed E-state index contributed by atoms with van der Waals surface area (Å²) >= 11 is 0. The van der Waals surface area contributed by atoms with E-state index in [9.17, 15) is 4.79 Å². The van der Waals surface area contributed by atoms with Gasteiger partial charge in [0.15, 0.2) is 0 Å². The number of morpholine rings is 1. The fraction of sp³-hybridized carbons (Fsp3) is 0.933. The Morgan fingerprint density at radius 2 is 1.75 bits per heavy atom. The number of rotatable bonds is 5. The Bertz CT molecular complexity index is 299. The number of hydrogen-bond donors (Lipinski definition) is 1. The van der Waals surface area contributed by atoms with Crippen molar-refractivity contribution in [3.63, 3.8) is 0 Å². The summed E-state index contributed by atoms with van der Waals surface area (Å²) in [4.78, 5) is 16.8. The van der Waals surface area contributed by atoms with Crippen molar-refractivity contribution in [1.29, 1.82) is 0 Å². The van der Waals surface area contributed by atoms with E-state index < -0.39 is 0 Å². The number of carbonyl (C=O) groups is 1. The van der Waals surface area contributed by atoms with E-state index in [1.165, 1.54) is 6.42 Å². The number of carbonyl (C=O) groups excluding carboxylic acids is 1. The number of amides is 1. The molecule has 2 unspecified atom stereocenters. The van der Waals surface area contributed by atoms with E-state index in [1.807, 2.05) is 11.8 Å². The summed E-state index contributed by atoms with van der Waals surface area (Å²) in [5.41, 5.74) is 0. The molecule has 1 amide bonds. The topological polar surface area (TPSA) is 44.8 Å². The molecule has 0 aromatic heterocycles. The molecule has 2 atom stereocenters. The highest BCUT2D eigenvalue weighted by atomic mass is 16.5. The Morgan fingerprint density at radius 3 is 2.40 bits per heavy atom. The normalized spacial score (nSPS) is 24.4. The third-order valence-corrected chi connectivity index (χ3v) is 4.21. The standard InChI is InChI=1S/C15H29N3O2/c1-13(12-17-8-10-20-11-9-17)16-14(2)15(19)18-6-4-3-5-7-18/h13-14,16H,3-12H2,1-2H3. The summed E-state index contributed by atoms with van der Waals surface area (Å²) in [7, 11) is 0. The average Bonchev–Trinajstić information content (AvgIpc) is 2.48. The molecule has 2 heterocycles. The molecule has 0 spiro atoms. The van der Waals surface area contributed by atoms with Gasteiger partial charge in [-0.05, 0) is 33.1 Å². The van der Waals surface area contributed by atoms with Gasteiger partial charge >= 0.3 is 0 Å². The van der Waals surface area contributed by atoms with E-state index in [0.29, 0.717) is 6.04 Å². The van der Waals surface area contributed by atoms with Gasteiger partial charge in [0.1, 0.15) is 0 Å². The van der Waals surface area contributed by atoms with Crippen molar-refractivity contribution in [3.8, 4) is 0 Å². The summed E-state index contributed by atoms with van der Waals surface area (Å²) in [6.45, 7) is 10.7. The first-order chi connectivity index (χ1) is 9.66. The van der Waals surface area contributed by atoms with Crippen LogP contribution in [0.5, 0.6) is 0 Å². The zero-order chi connectivity index (χ0) is 14.4. The van der Waals surface area contributed by atoms with Crippen LogP contribution in [0, 0.1) is 0 Å². The third kappa shape index (κ3) is 4.72. The molecule has 5 nitrogen and oxygen atoms in total. The first-order valence-electron chi connectivity index (χ1n) is 8.02. The molecular formula is C15H29N3O2. The molecule has 0 aliphatic carbocycles. The van der Waals surface area contributed by atoms with Crippen LogP contribution < -0.4 is 5.32 Å². The van der Waals surface area contributed by atoms with Gasteiger partial charge in [0, 0.05) is 38.8 Å². The van der Waals surface area contributed by atoms with E-state index in [2.05, 4.69) is 17.1 Å². The molecule has 0 radical (unpaired) electrons. The van der Waals surface area contributed by atoms with Gasteiger partial charge in [-0.25, -0.2) is 0 Å². The second kappa shape index (κ2) is 7.96. The number of hydrogen-bond acceptors (Lipinski definition) is 4. The second-order valence-corrected chi connectivity index (χ2v) is 6.09. The molecule has 0 bridgehead atoms. The van der Waals surface area contributed by atoms with Crippen LogP contribution in [0.25, 0.3) is 0 Å². The fourth-order valence-corrected chi connectivity index (χ4v) is 3.11. The predicted molar refractivity (Wildman–Crippen MR) is 79.7 cm³/mol. The minimum absolute atomic E-state index is 0.0795. The lowest BCUT2D eigenvalue weighted by Crippen LogP contribution is -2.52. The van der Waals surface area contributed by atoms with Crippen LogP contribution in [0.15, 0.2) is 0 Å². The lowest BCUT2D eigenvalue weighted by atomic mass is 10.1. The van der Waals surface area contributed by atoms with E-state index in [1.54, 1.807) is 0 Å². The number of nitrogens with one attached hydrogen (secondary N) is 1. The van der Waals surface area contributed by atoms with Crippen LogP contribution in [-0.2, 0) is 9.53 Å². The largest absolute Gasteiger partial charge is 0.379 e. The lowest BCUT2D eigenvalue weighted by molar-refractivity contribution is -0.134. The Balaban J connectivity index is 1.71. The SMILES string of the molecule is CC(CN1CCOCC1)NC(C)C(=O)N1CCCCC1. The minimum Gasteiger partial charge on any atom is -0.379 e. The van der Waals surface area contributed by atoms with Crippen LogP contribution in [-0.4, -0.2) is 73.7 Å². The first kappa shape index (κ1) is 15.7. The average molecular weight is 283 g/mol. The highest BCUT2D eigenvalue weighted by Crippen LogP contribution is 2.10. The van der Waals surface area contributed by atoms with E-state index in [-0.39, 0.29) is 11.9 Å². The zero-order valence-corrected chi connectivity index (χ0v) is 12.9. The van der Waals surface area contributed by atoms with E-state index >= 15 is 0 Å². The van der Waals surface area contributed by atoms with Crippen molar-refractivity contribution in [3.05, 3.63) is 0 Å². The molecule has 1 N–H and O–H groups in total. The maximum Gasteiger partial charge on any atom is 0.239 e. The Kier molecular flexibility index (Phi) is 6.26.